The highest BCUT2D eigenvalue weighted by molar-refractivity contribution is 8.04. The maximum atomic E-state index is 11.1. The molecule has 2 rings (SSSR count). The lowest BCUT2D eigenvalue weighted by Crippen LogP contribution is -2.32. The summed E-state index contributed by atoms with van der Waals surface area (Å²) >= 11 is 7.38. The summed E-state index contributed by atoms with van der Waals surface area (Å²) in [6, 6.07) is 5.60. The molecular weight excluding hydrogens is 258 g/mol. The van der Waals surface area contributed by atoms with E-state index in [0.717, 1.165) is 11.3 Å². The first-order valence-corrected chi connectivity index (χ1v) is 6.24. The summed E-state index contributed by atoms with van der Waals surface area (Å²) in [5, 5.41) is 0.600. The number of hydrogen-bond acceptors (Lipinski definition) is 4. The molecule has 6 heteroatoms. The molecule has 1 aliphatic heterocycles. The lowest BCUT2D eigenvalue weighted by Gasteiger charge is -2.23. The fraction of sp³-hybridized carbons (Fsp3) is 0.182. The Morgan fingerprint density at radius 1 is 1.53 bits per heavy atom. The van der Waals surface area contributed by atoms with Gasteiger partial charge in [-0.3, -0.25) is 4.79 Å². The number of thioether (sulfide) groups is 1. The highest BCUT2D eigenvalue weighted by atomic mass is 35.5. The predicted octanol–water partition coefficient (Wildman–Crippen LogP) is 1.77. The molecule has 0 saturated carbocycles. The Labute approximate surface area is 109 Å². The number of primary amides is 1. The number of hydrogen-bond donors (Lipinski definition) is 2. The number of amides is 1. The van der Waals surface area contributed by atoms with Gasteiger partial charge in [-0.2, -0.15) is 0 Å². The van der Waals surface area contributed by atoms with Gasteiger partial charge in [0, 0.05) is 6.20 Å². The topological polar surface area (TPSA) is 72.3 Å². The van der Waals surface area contributed by atoms with Crippen molar-refractivity contribution in [3.05, 3.63) is 39.9 Å². The lowest BCUT2D eigenvalue weighted by molar-refractivity contribution is -0.113. The van der Waals surface area contributed by atoms with Crippen LogP contribution >= 0.6 is 23.4 Å². The smallest absolute Gasteiger partial charge is 0.256 e. The van der Waals surface area contributed by atoms with Crippen LogP contribution in [0.2, 0.25) is 5.02 Å². The van der Waals surface area contributed by atoms with E-state index in [9.17, 15) is 4.79 Å². The second-order valence-corrected chi connectivity index (χ2v) is 5.24. The van der Waals surface area contributed by atoms with Crippen LogP contribution in [0.15, 0.2) is 29.3 Å². The molecule has 0 bridgehead atoms. The third-order valence-corrected chi connectivity index (χ3v) is 3.80. The van der Waals surface area contributed by atoms with Crippen LogP contribution in [0.4, 0.5) is 5.69 Å². The summed E-state index contributed by atoms with van der Waals surface area (Å²) in [7, 11) is 0. The van der Waals surface area contributed by atoms with Crippen molar-refractivity contribution in [1.82, 2.24) is 0 Å². The third-order valence-electron chi connectivity index (χ3n) is 2.47. The van der Waals surface area contributed by atoms with Crippen LogP contribution in [0.5, 0.6) is 0 Å². The summed E-state index contributed by atoms with van der Waals surface area (Å²) < 4.78 is 0. The van der Waals surface area contributed by atoms with E-state index in [1.165, 1.54) is 11.8 Å². The van der Waals surface area contributed by atoms with Gasteiger partial charge in [0.05, 0.1) is 15.6 Å². The second kappa shape index (κ2) is 4.60. The average molecular weight is 270 g/mol. The minimum atomic E-state index is -0.474. The zero-order chi connectivity index (χ0) is 12.6. The highest BCUT2D eigenvalue weighted by Crippen LogP contribution is 2.38. The number of rotatable bonds is 2. The van der Waals surface area contributed by atoms with Gasteiger partial charge in [-0.1, -0.05) is 35.5 Å². The van der Waals surface area contributed by atoms with Crippen LogP contribution in [-0.4, -0.2) is 11.4 Å². The first kappa shape index (κ1) is 12.3. The number of benzene rings is 1. The summed E-state index contributed by atoms with van der Waals surface area (Å²) in [6.45, 7) is 1.94. The summed E-state index contributed by atoms with van der Waals surface area (Å²) in [5.41, 5.74) is 12.6. The number of nitrogens with zero attached hydrogens (tertiary/aromatic N) is 1. The normalized spacial score (nSPS) is 19.4. The molecule has 0 saturated heterocycles. The largest absolute Gasteiger partial charge is 0.365 e. The van der Waals surface area contributed by atoms with Gasteiger partial charge in [0.2, 0.25) is 0 Å². The monoisotopic (exact) mass is 269 g/mol. The van der Waals surface area contributed by atoms with Crippen LogP contribution in [-0.2, 0) is 4.79 Å². The fourth-order valence-electron chi connectivity index (χ4n) is 1.68. The van der Waals surface area contributed by atoms with Crippen molar-refractivity contribution in [1.29, 1.82) is 0 Å². The Kier molecular flexibility index (Phi) is 3.33. The zero-order valence-electron chi connectivity index (χ0n) is 9.18. The van der Waals surface area contributed by atoms with Crippen molar-refractivity contribution >= 4 is 35.0 Å². The molecule has 0 fully saturated rings. The number of aryl methyl sites for hydroxylation is 1. The van der Waals surface area contributed by atoms with Gasteiger partial charge in [0.1, 0.15) is 5.50 Å². The first-order valence-electron chi connectivity index (χ1n) is 4.98. The zero-order valence-corrected chi connectivity index (χ0v) is 10.8. The lowest BCUT2D eigenvalue weighted by atomic mass is 10.2. The Balaban J connectivity index is 2.44. The third kappa shape index (κ3) is 2.26. The SMILES string of the molecule is Cc1cccc(Cl)c1N1C=C(C(N)=O)SC1N. The van der Waals surface area contributed by atoms with E-state index >= 15 is 0 Å². The molecule has 1 aliphatic rings. The summed E-state index contributed by atoms with van der Waals surface area (Å²) in [4.78, 5) is 13.3. The van der Waals surface area contributed by atoms with Gasteiger partial charge in [-0.05, 0) is 18.6 Å². The minimum Gasteiger partial charge on any atom is -0.365 e. The molecule has 0 spiro atoms. The fourth-order valence-corrected chi connectivity index (χ4v) is 2.83. The van der Waals surface area contributed by atoms with Crippen molar-refractivity contribution < 1.29 is 4.79 Å². The number of para-hydroxylation sites is 1. The van der Waals surface area contributed by atoms with Crippen molar-refractivity contribution in [3.63, 3.8) is 0 Å². The van der Waals surface area contributed by atoms with Crippen LogP contribution in [0.25, 0.3) is 0 Å². The number of halogens is 1. The molecule has 17 heavy (non-hydrogen) atoms. The quantitative estimate of drug-likeness (QED) is 0.858. The molecule has 0 aromatic heterocycles. The molecule has 1 unspecified atom stereocenters. The Morgan fingerprint density at radius 2 is 2.24 bits per heavy atom. The van der Waals surface area contributed by atoms with Gasteiger partial charge < -0.3 is 16.4 Å². The van der Waals surface area contributed by atoms with E-state index < -0.39 is 5.91 Å². The van der Waals surface area contributed by atoms with E-state index in [1.54, 1.807) is 17.2 Å². The van der Waals surface area contributed by atoms with Crippen LogP contribution < -0.4 is 16.4 Å². The standard InChI is InChI=1S/C11H12ClN3OS/c1-6-3-2-4-7(12)9(6)15-5-8(10(13)16)17-11(15)14/h2-5,11H,14H2,1H3,(H2,13,16). The number of anilines is 1. The van der Waals surface area contributed by atoms with Crippen molar-refractivity contribution in [2.75, 3.05) is 4.90 Å². The Bertz CT molecular complexity index is 483. The van der Waals surface area contributed by atoms with E-state index in [-0.39, 0.29) is 5.50 Å². The average Bonchev–Trinajstić information content (AvgIpc) is 2.61. The summed E-state index contributed by atoms with van der Waals surface area (Å²) in [6.07, 6.45) is 1.64. The van der Waals surface area contributed by atoms with Crippen LogP contribution in [0.3, 0.4) is 0 Å². The first-order chi connectivity index (χ1) is 8.00. The van der Waals surface area contributed by atoms with Gasteiger partial charge in [0.25, 0.3) is 5.91 Å². The highest BCUT2D eigenvalue weighted by Gasteiger charge is 2.28. The Morgan fingerprint density at radius 3 is 2.76 bits per heavy atom. The molecule has 4 N–H and O–H groups in total. The van der Waals surface area contributed by atoms with Gasteiger partial charge in [0.15, 0.2) is 0 Å². The number of nitrogens with two attached hydrogens (primary N) is 2. The maximum absolute atomic E-state index is 11.1. The second-order valence-electron chi connectivity index (χ2n) is 3.68. The van der Waals surface area contributed by atoms with E-state index in [2.05, 4.69) is 0 Å². The molecule has 1 heterocycles. The molecule has 1 atom stereocenters. The van der Waals surface area contributed by atoms with E-state index in [1.807, 2.05) is 19.1 Å². The molecule has 1 aromatic rings. The van der Waals surface area contributed by atoms with Gasteiger partial charge in [-0.25, -0.2) is 0 Å². The predicted molar refractivity (Wildman–Crippen MR) is 71.5 cm³/mol. The molecular formula is C11H12ClN3OS. The summed E-state index contributed by atoms with van der Waals surface area (Å²) in [5.74, 6) is -0.474. The molecule has 1 aromatic carbocycles. The molecule has 1 amide bonds. The van der Waals surface area contributed by atoms with Crippen molar-refractivity contribution in [2.45, 2.75) is 12.4 Å². The minimum absolute atomic E-state index is 0.379. The molecule has 4 nitrogen and oxygen atoms in total. The van der Waals surface area contributed by atoms with E-state index in [0.29, 0.717) is 9.93 Å². The van der Waals surface area contributed by atoms with Gasteiger partial charge in [-0.15, -0.1) is 0 Å². The Hall–Kier alpha value is -1.17. The van der Waals surface area contributed by atoms with Crippen LogP contribution in [0, 0.1) is 6.92 Å². The van der Waals surface area contributed by atoms with E-state index in [4.69, 9.17) is 23.1 Å². The van der Waals surface area contributed by atoms with Gasteiger partial charge >= 0.3 is 0 Å². The molecule has 90 valence electrons. The van der Waals surface area contributed by atoms with Crippen molar-refractivity contribution in [2.24, 2.45) is 11.5 Å². The van der Waals surface area contributed by atoms with Crippen molar-refractivity contribution in [3.8, 4) is 0 Å². The number of carbonyl (C=O) groups is 1. The molecule has 0 radical (unpaired) electrons. The maximum Gasteiger partial charge on any atom is 0.256 e. The number of carbonyl (C=O) groups excluding carboxylic acids is 1. The van der Waals surface area contributed by atoms with Crippen LogP contribution in [0.1, 0.15) is 5.56 Å². The molecule has 0 aliphatic carbocycles.